The van der Waals surface area contributed by atoms with Gasteiger partial charge in [0.1, 0.15) is 23.1 Å². The summed E-state index contributed by atoms with van der Waals surface area (Å²) in [5.41, 5.74) is 5.12. The van der Waals surface area contributed by atoms with E-state index in [0.717, 1.165) is 19.5 Å². The molecular weight excluding hydrogens is 461 g/mol. The fourth-order valence-corrected chi connectivity index (χ4v) is 3.43. The Labute approximate surface area is 200 Å². The van der Waals surface area contributed by atoms with Crippen molar-refractivity contribution in [2.45, 2.75) is 59.2 Å². The fourth-order valence-electron chi connectivity index (χ4n) is 3.43. The van der Waals surface area contributed by atoms with Gasteiger partial charge in [-0.15, -0.1) is 0 Å². The molecule has 0 spiro atoms. The molecule has 3 rings (SSSR count). The lowest BCUT2D eigenvalue weighted by Gasteiger charge is -2.28. The molecule has 11 heteroatoms. The molecule has 3 N–H and O–H groups in total. The molecule has 0 saturated carbocycles. The van der Waals surface area contributed by atoms with Crippen molar-refractivity contribution in [1.82, 2.24) is 14.9 Å². The molecule has 0 atom stereocenters. The van der Waals surface area contributed by atoms with E-state index >= 15 is 0 Å². The second kappa shape index (κ2) is 9.09. The fraction of sp³-hybridized carbons (Fsp3) is 0.417. The van der Waals surface area contributed by atoms with Gasteiger partial charge in [-0.2, -0.15) is 23.5 Å². The third kappa shape index (κ3) is 5.65. The Bertz CT molecular complexity index is 1260. The first kappa shape index (κ1) is 25.8. The minimum absolute atomic E-state index is 0.0221. The van der Waals surface area contributed by atoms with Crippen molar-refractivity contribution >= 4 is 17.6 Å². The van der Waals surface area contributed by atoms with Crippen molar-refractivity contribution in [2.75, 3.05) is 11.1 Å². The average Bonchev–Trinajstić information content (AvgIpc) is 3.29. The number of carbonyl (C=O) groups is 1. The number of halogens is 3. The molecule has 8 nitrogen and oxygen atoms in total. The van der Waals surface area contributed by atoms with Crippen LogP contribution in [-0.4, -0.2) is 27.0 Å². The Kier molecular flexibility index (Phi) is 6.70. The molecule has 186 valence electrons. The monoisotopic (exact) mass is 488 g/mol. The second-order valence-electron chi connectivity index (χ2n) is 10.0. The zero-order valence-corrected chi connectivity index (χ0v) is 20.1. The number of alkyl halides is 3. The van der Waals surface area contributed by atoms with Crippen LogP contribution in [0.2, 0.25) is 0 Å². The number of nitrogens with zero attached hydrogens (tertiary/aromatic N) is 4. The van der Waals surface area contributed by atoms with Gasteiger partial charge in [0.15, 0.2) is 5.54 Å². The maximum absolute atomic E-state index is 13.5. The quantitative estimate of drug-likeness (QED) is 0.500. The van der Waals surface area contributed by atoms with E-state index in [1.165, 1.54) is 0 Å². The number of hydrogen-bond donors (Lipinski definition) is 2. The van der Waals surface area contributed by atoms with Crippen molar-refractivity contribution in [3.8, 4) is 17.3 Å². The van der Waals surface area contributed by atoms with Crippen molar-refractivity contribution < 1.29 is 22.5 Å². The summed E-state index contributed by atoms with van der Waals surface area (Å²) in [5, 5.41) is 20.1. The smallest absolute Gasteiger partial charge is 0.383 e. The molecule has 0 aliphatic carbocycles. The van der Waals surface area contributed by atoms with Gasteiger partial charge in [-0.05, 0) is 31.2 Å². The lowest BCUT2D eigenvalue weighted by atomic mass is 9.91. The molecule has 0 fully saturated rings. The highest BCUT2D eigenvalue weighted by molar-refractivity contribution is 5.91. The molecule has 2 heterocycles. The first-order chi connectivity index (χ1) is 16.1. The molecule has 1 aromatic carbocycles. The molecule has 1 amide bonds. The summed E-state index contributed by atoms with van der Waals surface area (Å²) < 4.78 is 46.3. The van der Waals surface area contributed by atoms with E-state index in [2.05, 4.69) is 36.3 Å². The summed E-state index contributed by atoms with van der Waals surface area (Å²) in [7, 11) is 0. The number of carbonyl (C=O) groups excluding carboxylic acids is 1. The van der Waals surface area contributed by atoms with Crippen molar-refractivity contribution in [3.63, 3.8) is 0 Å². The van der Waals surface area contributed by atoms with E-state index in [0.29, 0.717) is 22.2 Å². The van der Waals surface area contributed by atoms with Crippen LogP contribution in [0, 0.1) is 16.7 Å². The molecule has 0 aliphatic heterocycles. The SMILES string of the molecule is CC(C)(C)Cc1cc(NC(=O)Cc2ccc(-c3nn(C(C)(C)C(F)(F)F)c(N)c3C#N)cc2)on1. The highest BCUT2D eigenvalue weighted by atomic mass is 19.4. The van der Waals surface area contributed by atoms with E-state index < -0.39 is 11.7 Å². The van der Waals surface area contributed by atoms with Gasteiger partial charge >= 0.3 is 6.18 Å². The van der Waals surface area contributed by atoms with Gasteiger partial charge in [0.2, 0.25) is 11.8 Å². The number of nitriles is 1. The first-order valence-electron chi connectivity index (χ1n) is 10.8. The number of benzene rings is 1. The maximum atomic E-state index is 13.5. The number of nitrogens with one attached hydrogen (secondary N) is 1. The normalized spacial score (nSPS) is 12.4. The zero-order chi connectivity index (χ0) is 26.2. The van der Waals surface area contributed by atoms with Gasteiger partial charge in [-0.1, -0.05) is 50.2 Å². The average molecular weight is 489 g/mol. The van der Waals surface area contributed by atoms with Crippen LogP contribution in [0.15, 0.2) is 34.9 Å². The van der Waals surface area contributed by atoms with Crippen LogP contribution in [-0.2, 0) is 23.2 Å². The number of nitrogens with two attached hydrogens (primary N) is 1. The largest absolute Gasteiger partial charge is 0.413 e. The van der Waals surface area contributed by atoms with Gasteiger partial charge in [-0.3, -0.25) is 10.1 Å². The summed E-state index contributed by atoms with van der Waals surface area (Å²) in [6, 6.07) is 9.93. The van der Waals surface area contributed by atoms with E-state index in [4.69, 9.17) is 10.3 Å². The van der Waals surface area contributed by atoms with Gasteiger partial charge < -0.3 is 10.3 Å². The van der Waals surface area contributed by atoms with Crippen LogP contribution < -0.4 is 11.1 Å². The highest BCUT2D eigenvalue weighted by Crippen LogP contribution is 2.39. The predicted molar refractivity (Wildman–Crippen MR) is 124 cm³/mol. The molecule has 0 unspecified atom stereocenters. The summed E-state index contributed by atoms with van der Waals surface area (Å²) >= 11 is 0. The summed E-state index contributed by atoms with van der Waals surface area (Å²) in [6.45, 7) is 8.07. The van der Waals surface area contributed by atoms with E-state index in [1.54, 1.807) is 30.3 Å². The first-order valence-corrected chi connectivity index (χ1v) is 10.8. The molecule has 0 saturated heterocycles. The molecule has 3 aromatic rings. The van der Waals surface area contributed by atoms with Gasteiger partial charge in [0.25, 0.3) is 0 Å². The lowest BCUT2D eigenvalue weighted by Crippen LogP contribution is -2.43. The molecule has 35 heavy (non-hydrogen) atoms. The molecule has 0 aliphatic rings. The maximum Gasteiger partial charge on any atom is 0.413 e. The number of nitrogen functional groups attached to an aromatic ring is 1. The Morgan fingerprint density at radius 3 is 2.34 bits per heavy atom. The Hall–Kier alpha value is -3.81. The lowest BCUT2D eigenvalue weighted by molar-refractivity contribution is -0.205. The van der Waals surface area contributed by atoms with Crippen LogP contribution in [0.25, 0.3) is 11.3 Å². The van der Waals surface area contributed by atoms with Gasteiger partial charge in [-0.25, -0.2) is 4.68 Å². The van der Waals surface area contributed by atoms with Crippen molar-refractivity contribution in [1.29, 1.82) is 5.26 Å². The molecule has 0 bridgehead atoms. The summed E-state index contributed by atoms with van der Waals surface area (Å²) in [5.74, 6) is -0.446. The zero-order valence-electron chi connectivity index (χ0n) is 20.1. The number of amides is 1. The minimum atomic E-state index is -4.63. The standard InChI is InChI=1S/C24H27F3N6O2/c1-22(2,3)12-16-11-19(35-32-16)30-18(34)10-14-6-8-15(9-7-14)20-17(13-28)21(29)33(31-20)23(4,5)24(25,26)27/h6-9,11H,10,12,29H2,1-5H3,(H,30,34). The summed E-state index contributed by atoms with van der Waals surface area (Å²) in [6.07, 6.45) is -3.91. The Morgan fingerprint density at radius 1 is 1.17 bits per heavy atom. The Morgan fingerprint density at radius 2 is 1.80 bits per heavy atom. The molecule has 2 aromatic heterocycles. The minimum Gasteiger partial charge on any atom is -0.383 e. The second-order valence-corrected chi connectivity index (χ2v) is 10.0. The summed E-state index contributed by atoms with van der Waals surface area (Å²) in [4.78, 5) is 12.4. The van der Waals surface area contributed by atoms with E-state index in [9.17, 15) is 23.2 Å². The van der Waals surface area contributed by atoms with Crippen molar-refractivity contribution in [2.24, 2.45) is 5.41 Å². The Balaban J connectivity index is 1.76. The predicted octanol–water partition coefficient (Wildman–Crippen LogP) is 5.06. The number of hydrogen-bond acceptors (Lipinski definition) is 6. The number of anilines is 2. The third-order valence-corrected chi connectivity index (χ3v) is 5.38. The van der Waals surface area contributed by atoms with Crippen LogP contribution in [0.3, 0.4) is 0 Å². The van der Waals surface area contributed by atoms with Crippen LogP contribution in [0.4, 0.5) is 24.9 Å². The number of aromatic nitrogens is 3. The third-order valence-electron chi connectivity index (χ3n) is 5.38. The molecule has 0 radical (unpaired) electrons. The van der Waals surface area contributed by atoms with Crippen LogP contribution in [0.1, 0.15) is 51.4 Å². The van der Waals surface area contributed by atoms with E-state index in [1.807, 2.05) is 6.07 Å². The number of rotatable bonds is 6. The van der Waals surface area contributed by atoms with Crippen LogP contribution in [0.5, 0.6) is 0 Å². The van der Waals surface area contributed by atoms with Gasteiger partial charge in [0, 0.05) is 11.6 Å². The topological polar surface area (TPSA) is 123 Å². The van der Waals surface area contributed by atoms with Gasteiger partial charge in [0.05, 0.1) is 12.1 Å². The molecular formula is C24H27F3N6O2. The highest BCUT2D eigenvalue weighted by Gasteiger charge is 2.51. The van der Waals surface area contributed by atoms with Crippen molar-refractivity contribution in [3.05, 3.63) is 47.2 Å². The van der Waals surface area contributed by atoms with Crippen LogP contribution >= 0.6 is 0 Å². The van der Waals surface area contributed by atoms with E-state index in [-0.39, 0.29) is 40.7 Å².